The molecule has 1 fully saturated rings. The highest BCUT2D eigenvalue weighted by molar-refractivity contribution is 6.00. The smallest absolute Gasteiger partial charge is 0.311 e. The molecule has 7 nitrogen and oxygen atoms in total. The average molecular weight is 487 g/mol. The van der Waals surface area contributed by atoms with Crippen molar-refractivity contribution >= 4 is 29.2 Å². The van der Waals surface area contributed by atoms with Crippen LogP contribution in [0, 0.1) is 33.6 Å². The number of carbonyl (C=O) groups is 3. The largest absolute Gasteiger partial charge is 0.457 e. The number of rotatable bonds is 7. The number of hydrogen-bond acceptors (Lipinski definition) is 5. The van der Waals surface area contributed by atoms with E-state index in [-0.39, 0.29) is 18.9 Å². The van der Waals surface area contributed by atoms with Crippen molar-refractivity contribution < 1.29 is 23.9 Å². The van der Waals surface area contributed by atoms with Crippen molar-refractivity contribution in [1.29, 1.82) is 0 Å². The first-order valence-electron chi connectivity index (χ1n) is 11.9. The van der Waals surface area contributed by atoms with Crippen molar-refractivity contribution in [2.24, 2.45) is 5.92 Å². The minimum atomic E-state index is -0.627. The Labute approximate surface area is 211 Å². The standard InChI is InChI=1S/C29H30N2O5/c1-18-11-19(2)13-23(12-18)30-27(32)17-35-29(34)22-15-28(33)31(16-22)24-6-9-25(10-7-24)36-26-8-5-20(3)21(4)14-26/h5-14,22H,15-17H2,1-4H3,(H,30,32)/t22-/m1/s1. The summed E-state index contributed by atoms with van der Waals surface area (Å²) >= 11 is 0. The summed E-state index contributed by atoms with van der Waals surface area (Å²) < 4.78 is 11.1. The van der Waals surface area contributed by atoms with Crippen molar-refractivity contribution in [2.75, 3.05) is 23.4 Å². The van der Waals surface area contributed by atoms with Gasteiger partial charge in [0.25, 0.3) is 5.91 Å². The average Bonchev–Trinajstić information content (AvgIpc) is 3.21. The fourth-order valence-corrected chi connectivity index (χ4v) is 4.22. The Bertz CT molecular complexity index is 1280. The summed E-state index contributed by atoms with van der Waals surface area (Å²) in [7, 11) is 0. The molecule has 0 bridgehead atoms. The van der Waals surface area contributed by atoms with Crippen molar-refractivity contribution in [1.82, 2.24) is 0 Å². The van der Waals surface area contributed by atoms with Crippen LogP contribution < -0.4 is 15.0 Å². The van der Waals surface area contributed by atoms with Gasteiger partial charge in [0.05, 0.1) is 5.92 Å². The quantitative estimate of drug-likeness (QED) is 0.461. The van der Waals surface area contributed by atoms with E-state index in [1.807, 2.05) is 64.1 Å². The highest BCUT2D eigenvalue weighted by Gasteiger charge is 2.36. The van der Waals surface area contributed by atoms with Crippen LogP contribution in [-0.2, 0) is 19.1 Å². The van der Waals surface area contributed by atoms with Crippen molar-refractivity contribution in [3.05, 3.63) is 82.9 Å². The predicted octanol–water partition coefficient (Wildman–Crippen LogP) is 5.25. The van der Waals surface area contributed by atoms with E-state index in [0.717, 1.165) is 22.4 Å². The topological polar surface area (TPSA) is 84.9 Å². The zero-order valence-electron chi connectivity index (χ0n) is 21.0. The Hall–Kier alpha value is -4.13. The molecule has 1 atom stereocenters. The second kappa shape index (κ2) is 10.6. The normalized spacial score (nSPS) is 15.1. The van der Waals surface area contributed by atoms with Gasteiger partial charge < -0.3 is 19.7 Å². The number of benzene rings is 3. The highest BCUT2D eigenvalue weighted by atomic mass is 16.5. The molecule has 186 valence electrons. The van der Waals surface area contributed by atoms with E-state index >= 15 is 0 Å². The summed E-state index contributed by atoms with van der Waals surface area (Å²) in [5, 5.41) is 2.74. The first-order chi connectivity index (χ1) is 17.2. The second-order valence-corrected chi connectivity index (χ2v) is 9.28. The Morgan fingerprint density at radius 1 is 0.889 bits per heavy atom. The number of amides is 2. The monoisotopic (exact) mass is 486 g/mol. The number of hydrogen-bond donors (Lipinski definition) is 1. The van der Waals surface area contributed by atoms with Crippen LogP contribution in [0.25, 0.3) is 0 Å². The van der Waals surface area contributed by atoms with Gasteiger partial charge in [0.1, 0.15) is 11.5 Å². The van der Waals surface area contributed by atoms with E-state index < -0.39 is 24.4 Å². The number of nitrogens with zero attached hydrogens (tertiary/aromatic N) is 1. The molecule has 36 heavy (non-hydrogen) atoms. The maximum absolute atomic E-state index is 12.6. The molecule has 0 unspecified atom stereocenters. The number of aryl methyl sites for hydroxylation is 4. The van der Waals surface area contributed by atoms with Gasteiger partial charge >= 0.3 is 5.97 Å². The van der Waals surface area contributed by atoms with Gasteiger partial charge in [0, 0.05) is 24.3 Å². The molecule has 0 aliphatic carbocycles. The molecular weight excluding hydrogens is 456 g/mol. The summed E-state index contributed by atoms with van der Waals surface area (Å²) in [4.78, 5) is 38.9. The van der Waals surface area contributed by atoms with Crippen LogP contribution in [0.3, 0.4) is 0 Å². The molecule has 0 saturated carbocycles. The molecule has 2 amide bonds. The first kappa shape index (κ1) is 25.0. The summed E-state index contributed by atoms with van der Waals surface area (Å²) in [5.74, 6) is -0.380. The second-order valence-electron chi connectivity index (χ2n) is 9.28. The van der Waals surface area contributed by atoms with Gasteiger partial charge in [-0.15, -0.1) is 0 Å². The Morgan fingerprint density at radius 3 is 2.22 bits per heavy atom. The fraction of sp³-hybridized carbons (Fsp3) is 0.276. The van der Waals surface area contributed by atoms with Gasteiger partial charge in [-0.1, -0.05) is 12.1 Å². The highest BCUT2D eigenvalue weighted by Crippen LogP contribution is 2.29. The molecule has 1 aliphatic rings. The zero-order chi connectivity index (χ0) is 25.8. The van der Waals surface area contributed by atoms with Gasteiger partial charge in [0.15, 0.2) is 6.61 Å². The summed E-state index contributed by atoms with van der Waals surface area (Å²) in [6, 6.07) is 18.8. The number of carbonyl (C=O) groups excluding carboxylic acids is 3. The van der Waals surface area contributed by atoms with Crippen molar-refractivity contribution in [2.45, 2.75) is 34.1 Å². The van der Waals surface area contributed by atoms with E-state index in [4.69, 9.17) is 9.47 Å². The Morgan fingerprint density at radius 2 is 1.56 bits per heavy atom. The van der Waals surface area contributed by atoms with Crippen LogP contribution in [0.5, 0.6) is 11.5 Å². The van der Waals surface area contributed by atoms with Crippen LogP contribution in [0.4, 0.5) is 11.4 Å². The van der Waals surface area contributed by atoms with Crippen molar-refractivity contribution in [3.63, 3.8) is 0 Å². The molecule has 3 aromatic rings. The van der Waals surface area contributed by atoms with Crippen LogP contribution >= 0.6 is 0 Å². The maximum atomic E-state index is 12.6. The molecule has 1 saturated heterocycles. The molecule has 0 aromatic heterocycles. The van der Waals surface area contributed by atoms with Crippen LogP contribution in [-0.4, -0.2) is 30.9 Å². The fourth-order valence-electron chi connectivity index (χ4n) is 4.22. The minimum absolute atomic E-state index is 0.0401. The molecule has 7 heteroatoms. The molecule has 3 aromatic carbocycles. The van der Waals surface area contributed by atoms with Crippen LogP contribution in [0.2, 0.25) is 0 Å². The molecular formula is C29H30N2O5. The van der Waals surface area contributed by atoms with E-state index in [1.165, 1.54) is 5.56 Å². The lowest BCUT2D eigenvalue weighted by Gasteiger charge is -2.17. The van der Waals surface area contributed by atoms with Gasteiger partial charge in [-0.2, -0.15) is 0 Å². The van der Waals surface area contributed by atoms with Crippen molar-refractivity contribution in [3.8, 4) is 11.5 Å². The van der Waals surface area contributed by atoms with E-state index in [1.54, 1.807) is 29.2 Å². The Balaban J connectivity index is 1.30. The molecule has 0 spiro atoms. The zero-order valence-corrected chi connectivity index (χ0v) is 21.0. The first-order valence-corrected chi connectivity index (χ1v) is 11.9. The minimum Gasteiger partial charge on any atom is -0.457 e. The van der Waals surface area contributed by atoms with Gasteiger partial charge in [-0.05, 0) is 98.5 Å². The molecule has 1 N–H and O–H groups in total. The molecule has 1 heterocycles. The van der Waals surface area contributed by atoms with Crippen LogP contribution in [0.15, 0.2) is 60.7 Å². The third-order valence-corrected chi connectivity index (χ3v) is 6.17. The van der Waals surface area contributed by atoms with Crippen LogP contribution in [0.1, 0.15) is 28.7 Å². The summed E-state index contributed by atoms with van der Waals surface area (Å²) in [6.45, 7) is 7.76. The number of ether oxygens (including phenoxy) is 2. The third-order valence-electron chi connectivity index (χ3n) is 6.17. The lowest BCUT2D eigenvalue weighted by molar-refractivity contribution is -0.151. The van der Waals surface area contributed by atoms with E-state index in [9.17, 15) is 14.4 Å². The van der Waals surface area contributed by atoms with Gasteiger partial charge in [0.2, 0.25) is 5.91 Å². The van der Waals surface area contributed by atoms with Gasteiger partial charge in [-0.25, -0.2) is 0 Å². The summed E-state index contributed by atoms with van der Waals surface area (Å²) in [5.41, 5.74) is 5.72. The SMILES string of the molecule is Cc1cc(C)cc(NC(=O)COC(=O)[C@@H]2CC(=O)N(c3ccc(Oc4ccc(C)c(C)c4)cc3)C2)c1. The number of nitrogens with one attached hydrogen (secondary N) is 1. The maximum Gasteiger partial charge on any atom is 0.311 e. The van der Waals surface area contributed by atoms with Gasteiger partial charge in [-0.3, -0.25) is 14.4 Å². The molecule has 1 aliphatic heterocycles. The molecule has 4 rings (SSSR count). The summed E-state index contributed by atoms with van der Waals surface area (Å²) in [6.07, 6.45) is 0.0401. The number of anilines is 2. The predicted molar refractivity (Wildman–Crippen MR) is 138 cm³/mol. The van der Waals surface area contributed by atoms with E-state index in [0.29, 0.717) is 17.1 Å². The molecule has 0 radical (unpaired) electrons. The lowest BCUT2D eigenvalue weighted by Crippen LogP contribution is -2.28. The lowest BCUT2D eigenvalue weighted by atomic mass is 10.1. The van der Waals surface area contributed by atoms with E-state index in [2.05, 4.69) is 5.32 Å². The Kier molecular flexibility index (Phi) is 7.38. The number of esters is 1. The third kappa shape index (κ3) is 6.10.